The Morgan fingerprint density at radius 3 is 3.05 bits per heavy atom. The molecule has 0 aliphatic rings. The smallest absolute Gasteiger partial charge is 0.313 e. The number of carboxylic acid groups (broad SMARTS) is 1. The minimum atomic E-state index is -0.904. The number of aliphatic carboxylic acids is 1. The number of thioether (sulfide) groups is 1. The lowest BCUT2D eigenvalue weighted by Gasteiger charge is -2.06. The first-order valence-electron chi connectivity index (χ1n) is 5.73. The summed E-state index contributed by atoms with van der Waals surface area (Å²) in [5.74, 6) is -1.32. The molecule has 0 fully saturated rings. The first kappa shape index (κ1) is 13.6. The summed E-state index contributed by atoms with van der Waals surface area (Å²) in [5.41, 5.74) is 1.34. The Balaban J connectivity index is 2.41. The van der Waals surface area contributed by atoms with E-state index in [2.05, 4.69) is 11.6 Å². The Morgan fingerprint density at radius 1 is 1.58 bits per heavy atom. The molecule has 0 saturated heterocycles. The van der Waals surface area contributed by atoms with Gasteiger partial charge in [-0.1, -0.05) is 17.8 Å². The van der Waals surface area contributed by atoms with Gasteiger partial charge in [-0.2, -0.15) is 0 Å². The zero-order valence-electron chi connectivity index (χ0n) is 10.2. The number of carboxylic acids is 1. The van der Waals surface area contributed by atoms with Crippen LogP contribution in [0.1, 0.15) is 6.42 Å². The minimum Gasteiger partial charge on any atom is -0.481 e. The van der Waals surface area contributed by atoms with Crippen molar-refractivity contribution in [1.82, 2.24) is 9.55 Å². The van der Waals surface area contributed by atoms with Crippen molar-refractivity contribution in [3.8, 4) is 0 Å². The number of rotatable bonds is 6. The van der Waals surface area contributed by atoms with Gasteiger partial charge in [0, 0.05) is 12.6 Å². The fourth-order valence-corrected chi connectivity index (χ4v) is 2.51. The maximum Gasteiger partial charge on any atom is 0.313 e. The molecule has 0 saturated carbocycles. The van der Waals surface area contributed by atoms with Gasteiger partial charge in [0.2, 0.25) is 0 Å². The lowest BCUT2D eigenvalue weighted by molar-refractivity contribution is -0.133. The summed E-state index contributed by atoms with van der Waals surface area (Å²) in [7, 11) is 0. The van der Waals surface area contributed by atoms with Crippen LogP contribution in [-0.4, -0.2) is 26.4 Å². The van der Waals surface area contributed by atoms with E-state index in [0.717, 1.165) is 23.7 Å². The zero-order valence-corrected chi connectivity index (χ0v) is 11.0. The average Bonchev–Trinajstić information content (AvgIpc) is 2.70. The summed E-state index contributed by atoms with van der Waals surface area (Å²) in [6.45, 7) is 4.31. The van der Waals surface area contributed by atoms with Crippen molar-refractivity contribution in [2.24, 2.45) is 0 Å². The standard InChI is InChI=1S/C13H13FN2O2S/c1-2-3-6-16-11-5-4-9(14)7-10(11)15-13(16)19-8-12(17)18/h2,4-5,7H,1,3,6,8H2,(H,17,18). The summed E-state index contributed by atoms with van der Waals surface area (Å²) >= 11 is 1.13. The van der Waals surface area contributed by atoms with Crippen LogP contribution in [0.15, 0.2) is 36.0 Å². The Bertz CT molecular complexity index is 624. The molecule has 19 heavy (non-hydrogen) atoms. The van der Waals surface area contributed by atoms with Gasteiger partial charge in [0.05, 0.1) is 16.8 Å². The maximum absolute atomic E-state index is 13.2. The van der Waals surface area contributed by atoms with Crippen LogP contribution in [0.3, 0.4) is 0 Å². The number of carbonyl (C=O) groups is 1. The molecule has 0 unspecified atom stereocenters. The molecule has 1 N–H and O–H groups in total. The normalized spacial score (nSPS) is 10.8. The quantitative estimate of drug-likeness (QED) is 0.653. The van der Waals surface area contributed by atoms with E-state index >= 15 is 0 Å². The van der Waals surface area contributed by atoms with Crippen molar-refractivity contribution in [2.75, 3.05) is 5.75 Å². The highest BCUT2D eigenvalue weighted by Gasteiger charge is 2.12. The largest absolute Gasteiger partial charge is 0.481 e. The SMILES string of the molecule is C=CCCn1c(SCC(=O)O)nc2cc(F)ccc21. The zero-order chi connectivity index (χ0) is 13.8. The van der Waals surface area contributed by atoms with Gasteiger partial charge in [-0.05, 0) is 18.6 Å². The second-order valence-corrected chi connectivity index (χ2v) is 4.88. The minimum absolute atomic E-state index is 0.0696. The van der Waals surface area contributed by atoms with Crippen molar-refractivity contribution in [1.29, 1.82) is 0 Å². The molecule has 0 atom stereocenters. The van der Waals surface area contributed by atoms with E-state index in [9.17, 15) is 9.18 Å². The first-order chi connectivity index (χ1) is 9.11. The van der Waals surface area contributed by atoms with Gasteiger partial charge in [-0.25, -0.2) is 9.37 Å². The van der Waals surface area contributed by atoms with E-state index in [-0.39, 0.29) is 11.6 Å². The van der Waals surface area contributed by atoms with Crippen LogP contribution in [0.4, 0.5) is 4.39 Å². The third-order valence-electron chi connectivity index (χ3n) is 2.56. The molecule has 100 valence electrons. The molecular formula is C13H13FN2O2S. The Hall–Kier alpha value is -1.82. The predicted octanol–water partition coefficient (Wildman–Crippen LogP) is 2.93. The molecule has 0 aliphatic carbocycles. The molecule has 1 aromatic carbocycles. The van der Waals surface area contributed by atoms with Gasteiger partial charge in [-0.3, -0.25) is 4.79 Å². The number of fused-ring (bicyclic) bond motifs is 1. The van der Waals surface area contributed by atoms with Crippen LogP contribution in [-0.2, 0) is 11.3 Å². The molecule has 1 heterocycles. The van der Waals surface area contributed by atoms with Crippen LogP contribution >= 0.6 is 11.8 Å². The van der Waals surface area contributed by atoms with Gasteiger partial charge in [0.25, 0.3) is 0 Å². The second kappa shape index (κ2) is 5.88. The van der Waals surface area contributed by atoms with Crippen molar-refractivity contribution in [3.63, 3.8) is 0 Å². The third kappa shape index (κ3) is 3.14. The molecule has 0 amide bonds. The summed E-state index contributed by atoms with van der Waals surface area (Å²) < 4.78 is 15.1. The van der Waals surface area contributed by atoms with Crippen molar-refractivity contribution < 1.29 is 14.3 Å². The number of hydrogen-bond donors (Lipinski definition) is 1. The number of aromatic nitrogens is 2. The first-order valence-corrected chi connectivity index (χ1v) is 6.71. The number of aryl methyl sites for hydroxylation is 1. The molecule has 0 spiro atoms. The van der Waals surface area contributed by atoms with E-state index in [1.54, 1.807) is 12.1 Å². The topological polar surface area (TPSA) is 55.1 Å². The van der Waals surface area contributed by atoms with Gasteiger partial charge >= 0.3 is 5.97 Å². The Labute approximate surface area is 113 Å². The molecule has 2 aromatic rings. The summed E-state index contributed by atoms with van der Waals surface area (Å²) in [4.78, 5) is 14.9. The van der Waals surface area contributed by atoms with Crippen LogP contribution in [0.2, 0.25) is 0 Å². The summed E-state index contributed by atoms with van der Waals surface area (Å²) in [5, 5.41) is 9.31. The van der Waals surface area contributed by atoms with E-state index in [4.69, 9.17) is 5.11 Å². The number of hydrogen-bond acceptors (Lipinski definition) is 3. The fraction of sp³-hybridized carbons (Fsp3) is 0.231. The van der Waals surface area contributed by atoms with Crippen molar-refractivity contribution in [3.05, 3.63) is 36.7 Å². The van der Waals surface area contributed by atoms with Crippen LogP contribution in [0.5, 0.6) is 0 Å². The number of benzene rings is 1. The lowest BCUT2D eigenvalue weighted by atomic mass is 10.3. The molecular weight excluding hydrogens is 267 g/mol. The van der Waals surface area contributed by atoms with E-state index < -0.39 is 5.97 Å². The Morgan fingerprint density at radius 2 is 2.37 bits per heavy atom. The third-order valence-corrected chi connectivity index (χ3v) is 3.52. The molecule has 0 aliphatic heterocycles. The van der Waals surface area contributed by atoms with Crippen LogP contribution in [0.25, 0.3) is 11.0 Å². The number of imidazole rings is 1. The lowest BCUT2D eigenvalue weighted by Crippen LogP contribution is -2.03. The van der Waals surface area contributed by atoms with Crippen molar-refractivity contribution in [2.45, 2.75) is 18.1 Å². The molecule has 2 rings (SSSR count). The maximum atomic E-state index is 13.2. The van der Waals surface area contributed by atoms with Crippen molar-refractivity contribution >= 4 is 28.8 Å². The summed E-state index contributed by atoms with van der Waals surface area (Å²) in [6.07, 6.45) is 2.52. The molecule has 0 bridgehead atoms. The van der Waals surface area contributed by atoms with Gasteiger partial charge in [0.1, 0.15) is 5.82 Å². The highest BCUT2D eigenvalue weighted by Crippen LogP contribution is 2.25. The highest BCUT2D eigenvalue weighted by molar-refractivity contribution is 7.99. The Kier molecular flexibility index (Phi) is 4.21. The molecule has 0 radical (unpaired) electrons. The van der Waals surface area contributed by atoms with Crippen LogP contribution < -0.4 is 0 Å². The highest BCUT2D eigenvalue weighted by atomic mass is 32.2. The number of allylic oxidation sites excluding steroid dienone is 1. The molecule has 6 heteroatoms. The van der Waals surface area contributed by atoms with Gasteiger partial charge in [-0.15, -0.1) is 6.58 Å². The number of halogens is 1. The number of nitrogens with zero attached hydrogens (tertiary/aromatic N) is 2. The monoisotopic (exact) mass is 280 g/mol. The van der Waals surface area contributed by atoms with Gasteiger partial charge < -0.3 is 9.67 Å². The van der Waals surface area contributed by atoms with Crippen LogP contribution in [0, 0.1) is 5.82 Å². The average molecular weight is 280 g/mol. The predicted molar refractivity (Wildman–Crippen MR) is 72.9 cm³/mol. The molecule has 1 aromatic heterocycles. The fourth-order valence-electron chi connectivity index (χ4n) is 1.75. The van der Waals surface area contributed by atoms with E-state index in [1.807, 2.05) is 4.57 Å². The second-order valence-electron chi connectivity index (χ2n) is 3.94. The molecule has 4 nitrogen and oxygen atoms in total. The van der Waals surface area contributed by atoms with Gasteiger partial charge in [0.15, 0.2) is 5.16 Å². The summed E-state index contributed by atoms with van der Waals surface area (Å²) in [6, 6.07) is 4.39. The van der Waals surface area contributed by atoms with E-state index in [0.29, 0.717) is 17.2 Å². The van der Waals surface area contributed by atoms with E-state index in [1.165, 1.54) is 12.1 Å².